The molecule has 0 aliphatic rings. The maximum Gasteiger partial charge on any atom is 0.220 e. The normalized spacial score (nSPS) is 10.3. The van der Waals surface area contributed by atoms with Crippen molar-refractivity contribution >= 4 is 0 Å². The largest absolute Gasteiger partial charge is 0.346 e. The SMILES string of the molecule is Cn1[c-]c(-c2nccn2-c2nncn2C)nn1.[Ir]. The van der Waals surface area contributed by atoms with Crippen molar-refractivity contribution in [2.75, 3.05) is 0 Å². The zero-order valence-corrected chi connectivity index (χ0v) is 12.0. The summed E-state index contributed by atoms with van der Waals surface area (Å²) in [5.74, 6) is 1.30. The summed E-state index contributed by atoms with van der Waals surface area (Å²) in [5, 5.41) is 15.7. The molecule has 0 aromatic carbocycles. The Balaban J connectivity index is 0.00000120. The number of hydrogen-bond donors (Lipinski definition) is 0. The molecule has 0 unspecified atom stereocenters. The second-order valence-electron chi connectivity index (χ2n) is 3.54. The average molecular weight is 421 g/mol. The molecule has 95 valence electrons. The molecule has 3 aromatic heterocycles. The summed E-state index contributed by atoms with van der Waals surface area (Å²) in [6.45, 7) is 0. The summed E-state index contributed by atoms with van der Waals surface area (Å²) in [4.78, 5) is 4.23. The van der Waals surface area contributed by atoms with E-state index in [2.05, 4.69) is 31.7 Å². The predicted molar refractivity (Wildman–Crippen MR) is 57.0 cm³/mol. The van der Waals surface area contributed by atoms with Crippen molar-refractivity contribution in [1.82, 2.24) is 39.3 Å². The summed E-state index contributed by atoms with van der Waals surface area (Å²) in [7, 11) is 3.62. The minimum atomic E-state index is 0. The van der Waals surface area contributed by atoms with E-state index < -0.39 is 0 Å². The Morgan fingerprint density at radius 3 is 2.67 bits per heavy atom. The maximum absolute atomic E-state index is 4.23. The summed E-state index contributed by atoms with van der Waals surface area (Å²) in [5.41, 5.74) is 0.570. The van der Waals surface area contributed by atoms with Gasteiger partial charge in [0.15, 0.2) is 0 Å². The number of hydrogen-bond acceptors (Lipinski definition) is 5. The molecule has 3 heterocycles. The molecule has 0 bridgehead atoms. The standard InChI is InChI=1S/C9H9N8.Ir/c1-15-6-11-13-9(15)17-4-3-10-8(17)7-5-16(2)14-12-7;/h3-4,6H,1-2H3;/q-1;. The molecule has 1 radical (unpaired) electrons. The van der Waals surface area contributed by atoms with Crippen molar-refractivity contribution in [3.05, 3.63) is 24.9 Å². The van der Waals surface area contributed by atoms with Gasteiger partial charge in [0, 0.05) is 52.4 Å². The van der Waals surface area contributed by atoms with E-state index in [-0.39, 0.29) is 20.1 Å². The molecule has 0 atom stereocenters. The molecule has 3 rings (SSSR count). The first-order valence-corrected chi connectivity index (χ1v) is 4.93. The van der Waals surface area contributed by atoms with Gasteiger partial charge in [-0.05, 0) is 5.69 Å². The number of rotatable bonds is 2. The Hall–Kier alpha value is -1.86. The van der Waals surface area contributed by atoms with Gasteiger partial charge in [-0.1, -0.05) is 5.21 Å². The molecule has 0 amide bonds. The van der Waals surface area contributed by atoms with Gasteiger partial charge in [-0.2, -0.15) is 5.10 Å². The Bertz CT molecular complexity index is 651. The molecule has 0 saturated heterocycles. The van der Waals surface area contributed by atoms with Gasteiger partial charge in [-0.15, -0.1) is 16.4 Å². The molecule has 18 heavy (non-hydrogen) atoms. The Morgan fingerprint density at radius 1 is 1.22 bits per heavy atom. The van der Waals surface area contributed by atoms with Crippen molar-refractivity contribution in [2.24, 2.45) is 14.1 Å². The molecule has 0 N–H and O–H groups in total. The van der Waals surface area contributed by atoms with E-state index in [0.717, 1.165) is 0 Å². The molecular weight excluding hydrogens is 412 g/mol. The first-order chi connectivity index (χ1) is 8.25. The summed E-state index contributed by atoms with van der Waals surface area (Å²) >= 11 is 0. The molecular formula is C9H9IrN8-. The molecule has 3 aromatic rings. The molecule has 0 saturated carbocycles. The van der Waals surface area contributed by atoms with Crippen LogP contribution in [0.25, 0.3) is 17.5 Å². The van der Waals surface area contributed by atoms with Crippen LogP contribution in [-0.2, 0) is 34.2 Å². The molecule has 0 spiro atoms. The van der Waals surface area contributed by atoms with Gasteiger partial charge in [0.2, 0.25) is 5.95 Å². The molecule has 9 heteroatoms. The van der Waals surface area contributed by atoms with E-state index in [9.17, 15) is 0 Å². The number of imidazole rings is 1. The minimum absolute atomic E-state index is 0. The average Bonchev–Trinajstić information content (AvgIpc) is 2.97. The third kappa shape index (κ3) is 1.98. The first-order valence-electron chi connectivity index (χ1n) is 4.93. The molecule has 0 aliphatic heterocycles. The molecule has 0 fully saturated rings. The maximum atomic E-state index is 4.23. The number of aryl methyl sites for hydroxylation is 2. The second kappa shape index (κ2) is 4.79. The van der Waals surface area contributed by atoms with Crippen LogP contribution < -0.4 is 0 Å². The van der Waals surface area contributed by atoms with Gasteiger partial charge < -0.3 is 18.8 Å². The van der Waals surface area contributed by atoms with Crippen molar-refractivity contribution in [2.45, 2.75) is 0 Å². The van der Waals surface area contributed by atoms with Gasteiger partial charge >= 0.3 is 0 Å². The zero-order valence-electron chi connectivity index (χ0n) is 9.64. The second-order valence-corrected chi connectivity index (χ2v) is 3.54. The van der Waals surface area contributed by atoms with Gasteiger partial charge in [0.05, 0.1) is 0 Å². The monoisotopic (exact) mass is 422 g/mol. The van der Waals surface area contributed by atoms with Crippen LogP contribution in [0.3, 0.4) is 0 Å². The topological polar surface area (TPSA) is 79.2 Å². The van der Waals surface area contributed by atoms with E-state index in [1.54, 1.807) is 34.9 Å². The van der Waals surface area contributed by atoms with Crippen molar-refractivity contribution in [3.8, 4) is 17.5 Å². The van der Waals surface area contributed by atoms with Crippen molar-refractivity contribution in [1.29, 1.82) is 0 Å². The van der Waals surface area contributed by atoms with E-state index in [0.29, 0.717) is 17.5 Å². The van der Waals surface area contributed by atoms with Gasteiger partial charge in [0.1, 0.15) is 6.33 Å². The van der Waals surface area contributed by atoms with Crippen LogP contribution in [0, 0.1) is 6.20 Å². The quantitative estimate of drug-likeness (QED) is 0.526. The minimum Gasteiger partial charge on any atom is -0.346 e. The smallest absolute Gasteiger partial charge is 0.220 e. The predicted octanol–water partition coefficient (Wildman–Crippen LogP) is -0.406. The van der Waals surface area contributed by atoms with Crippen molar-refractivity contribution < 1.29 is 20.1 Å². The Labute approximate surface area is 116 Å². The van der Waals surface area contributed by atoms with Crippen LogP contribution in [0.15, 0.2) is 18.7 Å². The Morgan fingerprint density at radius 2 is 2.06 bits per heavy atom. The third-order valence-corrected chi connectivity index (χ3v) is 2.30. The van der Waals surface area contributed by atoms with E-state index in [4.69, 9.17) is 0 Å². The van der Waals surface area contributed by atoms with Crippen LogP contribution in [0.4, 0.5) is 0 Å². The van der Waals surface area contributed by atoms with Crippen LogP contribution in [0.1, 0.15) is 0 Å². The van der Waals surface area contributed by atoms with Gasteiger partial charge in [-0.3, -0.25) is 0 Å². The molecule has 8 nitrogen and oxygen atoms in total. The third-order valence-electron chi connectivity index (χ3n) is 2.30. The van der Waals surface area contributed by atoms with Crippen LogP contribution in [0.2, 0.25) is 0 Å². The molecule has 0 aliphatic carbocycles. The summed E-state index contributed by atoms with van der Waals surface area (Å²) in [6, 6.07) is 0. The van der Waals surface area contributed by atoms with Crippen molar-refractivity contribution in [3.63, 3.8) is 0 Å². The Kier molecular flexibility index (Phi) is 3.35. The van der Waals surface area contributed by atoms with Gasteiger partial charge in [-0.25, -0.2) is 0 Å². The summed E-state index contributed by atoms with van der Waals surface area (Å²) < 4.78 is 5.08. The zero-order chi connectivity index (χ0) is 11.8. The van der Waals surface area contributed by atoms with Crippen LogP contribution in [0.5, 0.6) is 0 Å². The van der Waals surface area contributed by atoms with E-state index in [1.807, 2.05) is 7.05 Å². The van der Waals surface area contributed by atoms with Gasteiger partial charge in [0.25, 0.3) is 0 Å². The van der Waals surface area contributed by atoms with Crippen LogP contribution >= 0.6 is 0 Å². The number of aromatic nitrogens is 8. The fourth-order valence-electron chi connectivity index (χ4n) is 1.54. The first kappa shape index (κ1) is 12.6. The fourth-order valence-corrected chi connectivity index (χ4v) is 1.54. The van der Waals surface area contributed by atoms with E-state index in [1.165, 1.54) is 4.68 Å². The van der Waals surface area contributed by atoms with E-state index >= 15 is 0 Å². The van der Waals surface area contributed by atoms with Crippen LogP contribution in [-0.4, -0.2) is 39.3 Å². The fraction of sp³-hybridized carbons (Fsp3) is 0.222. The summed E-state index contributed by atoms with van der Waals surface area (Å²) in [6.07, 6.45) is 8.05. The number of nitrogens with zero attached hydrogens (tertiary/aromatic N) is 8.